The summed E-state index contributed by atoms with van der Waals surface area (Å²) in [7, 11) is 5.00. The Kier molecular flexibility index (Phi) is 4.03. The molecule has 0 aromatic heterocycles. The molecular formula is C7H15NO2. The Hall–Kier alpha value is -0.570. The van der Waals surface area contributed by atoms with Crippen LogP contribution in [0.1, 0.15) is 13.3 Å². The third kappa shape index (κ3) is 2.35. The molecule has 0 fully saturated rings. The van der Waals surface area contributed by atoms with Crippen LogP contribution in [0.3, 0.4) is 0 Å². The van der Waals surface area contributed by atoms with Gasteiger partial charge in [-0.2, -0.15) is 0 Å². The molecule has 0 aliphatic carbocycles. The molecule has 1 atom stereocenters. The Morgan fingerprint density at radius 2 is 2.10 bits per heavy atom. The van der Waals surface area contributed by atoms with Crippen LogP contribution in [0.4, 0.5) is 0 Å². The maximum atomic E-state index is 11.1. The van der Waals surface area contributed by atoms with Crippen LogP contribution in [0.5, 0.6) is 0 Å². The molecule has 0 N–H and O–H groups in total. The third-order valence-corrected chi connectivity index (χ3v) is 1.37. The number of amides is 1. The molecule has 0 saturated carbocycles. The van der Waals surface area contributed by atoms with E-state index in [4.69, 9.17) is 4.74 Å². The van der Waals surface area contributed by atoms with E-state index in [1.807, 2.05) is 6.92 Å². The van der Waals surface area contributed by atoms with Gasteiger partial charge in [0.15, 0.2) is 0 Å². The highest BCUT2D eigenvalue weighted by Crippen LogP contribution is 1.98. The van der Waals surface area contributed by atoms with Crippen molar-refractivity contribution in [3.63, 3.8) is 0 Å². The summed E-state index contributed by atoms with van der Waals surface area (Å²) in [6.07, 6.45) is 0.461. The van der Waals surface area contributed by atoms with Gasteiger partial charge >= 0.3 is 0 Å². The molecule has 0 rings (SSSR count). The van der Waals surface area contributed by atoms with Gasteiger partial charge in [0.2, 0.25) is 0 Å². The van der Waals surface area contributed by atoms with Crippen molar-refractivity contribution >= 4 is 5.91 Å². The standard InChI is InChI=1S/C7H15NO2/c1-5-6(10-4)7(9)8(2)3/h6H,5H2,1-4H3. The largest absolute Gasteiger partial charge is 0.372 e. The number of nitrogens with zero attached hydrogens (tertiary/aromatic N) is 1. The molecule has 60 valence electrons. The zero-order valence-corrected chi connectivity index (χ0v) is 7.05. The second kappa shape index (κ2) is 4.28. The predicted molar refractivity (Wildman–Crippen MR) is 39.8 cm³/mol. The van der Waals surface area contributed by atoms with Gasteiger partial charge in [0.05, 0.1) is 0 Å². The van der Waals surface area contributed by atoms with Crippen molar-refractivity contribution in [2.24, 2.45) is 0 Å². The van der Waals surface area contributed by atoms with Crippen LogP contribution >= 0.6 is 0 Å². The van der Waals surface area contributed by atoms with Gasteiger partial charge in [0.25, 0.3) is 5.91 Å². The molecule has 1 amide bonds. The zero-order chi connectivity index (χ0) is 8.15. The van der Waals surface area contributed by atoms with Gasteiger partial charge in [-0.3, -0.25) is 4.79 Å². The average molecular weight is 145 g/mol. The zero-order valence-electron chi connectivity index (χ0n) is 7.05. The number of carbonyl (C=O) groups is 1. The summed E-state index contributed by atoms with van der Waals surface area (Å²) in [5, 5.41) is 0. The molecule has 0 aliphatic heterocycles. The van der Waals surface area contributed by atoms with Crippen LogP contribution in [0.2, 0.25) is 0 Å². The summed E-state index contributed by atoms with van der Waals surface area (Å²) in [6.45, 7) is 1.93. The third-order valence-electron chi connectivity index (χ3n) is 1.37. The SMILES string of the molecule is CCC(OC)C(=O)N(C)C. The molecule has 3 heteroatoms. The molecule has 0 bridgehead atoms. The number of methoxy groups -OCH3 is 1. The minimum absolute atomic E-state index is 0.0324. The van der Waals surface area contributed by atoms with Crippen LogP contribution < -0.4 is 0 Å². The number of hydrogen-bond donors (Lipinski definition) is 0. The Bertz CT molecular complexity index is 108. The minimum atomic E-state index is -0.269. The molecule has 0 saturated heterocycles. The van der Waals surface area contributed by atoms with E-state index in [1.165, 1.54) is 4.90 Å². The number of rotatable bonds is 3. The highest BCUT2D eigenvalue weighted by Gasteiger charge is 2.16. The van der Waals surface area contributed by atoms with E-state index in [2.05, 4.69) is 0 Å². The maximum absolute atomic E-state index is 11.1. The summed E-state index contributed by atoms with van der Waals surface area (Å²) in [5.41, 5.74) is 0. The predicted octanol–water partition coefficient (Wildman–Crippen LogP) is 0.500. The fourth-order valence-corrected chi connectivity index (χ4v) is 0.730. The van der Waals surface area contributed by atoms with E-state index in [0.29, 0.717) is 0 Å². The van der Waals surface area contributed by atoms with E-state index >= 15 is 0 Å². The fourth-order valence-electron chi connectivity index (χ4n) is 0.730. The normalized spacial score (nSPS) is 12.8. The average Bonchev–Trinajstić information content (AvgIpc) is 1.90. The van der Waals surface area contributed by atoms with Crippen LogP contribution in [0, 0.1) is 0 Å². The van der Waals surface area contributed by atoms with Gasteiger partial charge in [0.1, 0.15) is 6.10 Å². The first-order valence-corrected chi connectivity index (χ1v) is 3.37. The van der Waals surface area contributed by atoms with E-state index in [0.717, 1.165) is 6.42 Å². The van der Waals surface area contributed by atoms with Crippen molar-refractivity contribution in [2.75, 3.05) is 21.2 Å². The molecule has 0 aliphatic rings. The van der Waals surface area contributed by atoms with Crippen LogP contribution in [-0.2, 0) is 9.53 Å². The second-order valence-electron chi connectivity index (χ2n) is 2.37. The van der Waals surface area contributed by atoms with Crippen LogP contribution in [0.25, 0.3) is 0 Å². The molecule has 0 radical (unpaired) electrons. The number of carbonyl (C=O) groups excluding carboxylic acids is 1. The van der Waals surface area contributed by atoms with Crippen molar-refractivity contribution in [1.82, 2.24) is 4.90 Å². The quantitative estimate of drug-likeness (QED) is 0.578. The summed E-state index contributed by atoms with van der Waals surface area (Å²) >= 11 is 0. The highest BCUT2D eigenvalue weighted by molar-refractivity contribution is 5.80. The first kappa shape index (κ1) is 9.43. The van der Waals surface area contributed by atoms with Gasteiger partial charge in [-0.15, -0.1) is 0 Å². The lowest BCUT2D eigenvalue weighted by atomic mass is 10.2. The molecule has 0 aromatic carbocycles. The van der Waals surface area contributed by atoms with Crippen molar-refractivity contribution < 1.29 is 9.53 Å². The van der Waals surface area contributed by atoms with E-state index < -0.39 is 0 Å². The smallest absolute Gasteiger partial charge is 0.251 e. The number of ether oxygens (including phenoxy) is 1. The second-order valence-corrected chi connectivity index (χ2v) is 2.37. The molecule has 3 nitrogen and oxygen atoms in total. The van der Waals surface area contributed by atoms with Crippen LogP contribution in [-0.4, -0.2) is 38.1 Å². The van der Waals surface area contributed by atoms with Gasteiger partial charge in [0, 0.05) is 21.2 Å². The van der Waals surface area contributed by atoms with Gasteiger partial charge < -0.3 is 9.64 Å². The Morgan fingerprint density at radius 3 is 2.20 bits per heavy atom. The lowest BCUT2D eigenvalue weighted by molar-refractivity contribution is -0.139. The molecule has 10 heavy (non-hydrogen) atoms. The first-order chi connectivity index (χ1) is 4.63. The lowest BCUT2D eigenvalue weighted by Crippen LogP contribution is -2.34. The summed E-state index contributed by atoms with van der Waals surface area (Å²) in [5.74, 6) is 0.0324. The Labute approximate surface area is 62.0 Å². The maximum Gasteiger partial charge on any atom is 0.251 e. The topological polar surface area (TPSA) is 29.5 Å². The molecule has 1 unspecified atom stereocenters. The van der Waals surface area contributed by atoms with E-state index in [1.54, 1.807) is 21.2 Å². The molecule has 0 aromatic rings. The van der Waals surface area contributed by atoms with Gasteiger partial charge in [-0.05, 0) is 6.42 Å². The fraction of sp³-hybridized carbons (Fsp3) is 0.857. The summed E-state index contributed by atoms with van der Waals surface area (Å²) < 4.78 is 4.93. The van der Waals surface area contributed by atoms with E-state index in [-0.39, 0.29) is 12.0 Å². The number of likely N-dealkylation sites (N-methyl/N-ethyl adjacent to an activating group) is 1. The van der Waals surface area contributed by atoms with Crippen LogP contribution in [0.15, 0.2) is 0 Å². The number of hydrogen-bond acceptors (Lipinski definition) is 2. The van der Waals surface area contributed by atoms with Gasteiger partial charge in [-0.25, -0.2) is 0 Å². The minimum Gasteiger partial charge on any atom is -0.372 e. The van der Waals surface area contributed by atoms with Crippen molar-refractivity contribution in [1.29, 1.82) is 0 Å². The highest BCUT2D eigenvalue weighted by atomic mass is 16.5. The Morgan fingerprint density at radius 1 is 1.60 bits per heavy atom. The van der Waals surface area contributed by atoms with Gasteiger partial charge in [-0.1, -0.05) is 6.92 Å². The summed E-state index contributed by atoms with van der Waals surface area (Å²) in [6, 6.07) is 0. The molecule has 0 heterocycles. The lowest BCUT2D eigenvalue weighted by Gasteiger charge is -2.17. The first-order valence-electron chi connectivity index (χ1n) is 3.37. The van der Waals surface area contributed by atoms with Crippen molar-refractivity contribution in [3.8, 4) is 0 Å². The van der Waals surface area contributed by atoms with E-state index in [9.17, 15) is 4.79 Å². The summed E-state index contributed by atoms with van der Waals surface area (Å²) in [4.78, 5) is 12.6. The van der Waals surface area contributed by atoms with Crippen molar-refractivity contribution in [2.45, 2.75) is 19.4 Å². The monoisotopic (exact) mass is 145 g/mol. The Balaban J connectivity index is 3.89. The molecule has 0 spiro atoms. The molecular weight excluding hydrogens is 130 g/mol. The van der Waals surface area contributed by atoms with Crippen molar-refractivity contribution in [3.05, 3.63) is 0 Å².